The summed E-state index contributed by atoms with van der Waals surface area (Å²) in [7, 11) is 1.64. The molecule has 0 saturated carbocycles. The zero-order chi connectivity index (χ0) is 14.0. The highest BCUT2D eigenvalue weighted by atomic mass is 19.1. The number of hydrogen-bond donors (Lipinski definition) is 1. The van der Waals surface area contributed by atoms with Crippen LogP contribution >= 0.6 is 0 Å². The molecule has 19 heavy (non-hydrogen) atoms. The van der Waals surface area contributed by atoms with Gasteiger partial charge < -0.3 is 10.6 Å². The topological polar surface area (TPSA) is 46.3 Å². The number of hydrogen-bond acceptors (Lipinski definition) is 2. The summed E-state index contributed by atoms with van der Waals surface area (Å²) in [6, 6.07) is 11.1. The average Bonchev–Trinajstić information content (AvgIpc) is 2.41. The molecule has 2 rings (SSSR count). The first-order valence-corrected chi connectivity index (χ1v) is 5.89. The van der Waals surface area contributed by atoms with Gasteiger partial charge in [-0.25, -0.2) is 4.39 Å². The third-order valence-corrected chi connectivity index (χ3v) is 3.07. The number of nitrogens with two attached hydrogens (primary N) is 1. The Morgan fingerprint density at radius 3 is 2.42 bits per heavy atom. The molecule has 1 amide bonds. The van der Waals surface area contributed by atoms with Gasteiger partial charge in [0.15, 0.2) is 0 Å². The van der Waals surface area contributed by atoms with E-state index in [1.165, 1.54) is 17.0 Å². The lowest BCUT2D eigenvalue weighted by molar-refractivity contribution is 0.0994. The van der Waals surface area contributed by atoms with Gasteiger partial charge in [0.25, 0.3) is 5.91 Å². The molecule has 0 aliphatic heterocycles. The quantitative estimate of drug-likeness (QED) is 0.842. The van der Waals surface area contributed by atoms with Gasteiger partial charge in [0.05, 0.1) is 5.56 Å². The van der Waals surface area contributed by atoms with Gasteiger partial charge in [-0.15, -0.1) is 0 Å². The van der Waals surface area contributed by atoms with E-state index in [2.05, 4.69) is 0 Å². The largest absolute Gasteiger partial charge is 0.398 e. The molecular weight excluding hydrogens is 243 g/mol. The van der Waals surface area contributed by atoms with Crippen LogP contribution < -0.4 is 10.6 Å². The fourth-order valence-corrected chi connectivity index (χ4v) is 1.83. The summed E-state index contributed by atoms with van der Waals surface area (Å²) in [5.41, 5.74) is 8.32. The monoisotopic (exact) mass is 258 g/mol. The Morgan fingerprint density at radius 1 is 1.16 bits per heavy atom. The standard InChI is InChI=1S/C15H15FN2O/c1-10-4-3-5-13(14(10)17)15(19)18(2)12-8-6-11(16)7-9-12/h3-9H,17H2,1-2H3. The van der Waals surface area contributed by atoms with E-state index in [1.54, 1.807) is 31.3 Å². The van der Waals surface area contributed by atoms with Gasteiger partial charge in [0, 0.05) is 18.4 Å². The second-order valence-corrected chi connectivity index (χ2v) is 4.38. The van der Waals surface area contributed by atoms with E-state index in [-0.39, 0.29) is 11.7 Å². The molecule has 0 aliphatic rings. The third kappa shape index (κ3) is 2.57. The van der Waals surface area contributed by atoms with E-state index < -0.39 is 0 Å². The average molecular weight is 258 g/mol. The van der Waals surface area contributed by atoms with Crippen LogP contribution in [0.4, 0.5) is 15.8 Å². The van der Waals surface area contributed by atoms with Crippen LogP contribution in [-0.4, -0.2) is 13.0 Å². The van der Waals surface area contributed by atoms with Crippen LogP contribution in [0, 0.1) is 12.7 Å². The van der Waals surface area contributed by atoms with Crippen LogP contribution in [0.5, 0.6) is 0 Å². The summed E-state index contributed by atoms with van der Waals surface area (Å²) in [6.07, 6.45) is 0. The Bertz CT molecular complexity index is 608. The summed E-state index contributed by atoms with van der Waals surface area (Å²) in [4.78, 5) is 13.8. The van der Waals surface area contributed by atoms with Gasteiger partial charge >= 0.3 is 0 Å². The maximum atomic E-state index is 12.9. The molecule has 2 N–H and O–H groups in total. The highest BCUT2D eigenvalue weighted by molar-refractivity contribution is 6.09. The van der Waals surface area contributed by atoms with E-state index >= 15 is 0 Å². The van der Waals surface area contributed by atoms with Crippen molar-refractivity contribution in [1.82, 2.24) is 0 Å². The Labute approximate surface area is 111 Å². The molecule has 0 spiro atoms. The van der Waals surface area contributed by atoms with Crippen molar-refractivity contribution >= 4 is 17.3 Å². The predicted octanol–water partition coefficient (Wildman–Crippen LogP) is 2.99. The Balaban J connectivity index is 2.33. The van der Waals surface area contributed by atoms with Crippen LogP contribution in [-0.2, 0) is 0 Å². The SMILES string of the molecule is Cc1cccc(C(=O)N(C)c2ccc(F)cc2)c1N. The lowest BCUT2D eigenvalue weighted by Gasteiger charge is -2.18. The Hall–Kier alpha value is -2.36. The molecule has 0 fully saturated rings. The third-order valence-electron chi connectivity index (χ3n) is 3.07. The van der Waals surface area contributed by atoms with E-state index in [0.717, 1.165) is 5.56 Å². The molecule has 3 nitrogen and oxygen atoms in total. The predicted molar refractivity (Wildman–Crippen MR) is 74.7 cm³/mol. The number of nitrogen functional groups attached to an aromatic ring is 1. The van der Waals surface area contributed by atoms with Crippen molar-refractivity contribution in [2.24, 2.45) is 0 Å². The normalized spacial score (nSPS) is 10.3. The number of anilines is 2. The number of carbonyl (C=O) groups excluding carboxylic acids is 1. The molecule has 0 aromatic heterocycles. The zero-order valence-electron chi connectivity index (χ0n) is 10.9. The van der Waals surface area contributed by atoms with Crippen molar-refractivity contribution in [2.75, 3.05) is 17.7 Å². The maximum Gasteiger partial charge on any atom is 0.260 e. The highest BCUT2D eigenvalue weighted by Gasteiger charge is 2.16. The van der Waals surface area contributed by atoms with Crippen LogP contribution in [0.15, 0.2) is 42.5 Å². The molecule has 0 radical (unpaired) electrons. The molecular formula is C15H15FN2O. The van der Waals surface area contributed by atoms with E-state index in [9.17, 15) is 9.18 Å². The van der Waals surface area contributed by atoms with Crippen LogP contribution in [0.3, 0.4) is 0 Å². The first-order chi connectivity index (χ1) is 9.00. The molecule has 2 aromatic rings. The number of halogens is 1. The summed E-state index contributed by atoms with van der Waals surface area (Å²) >= 11 is 0. The van der Waals surface area contributed by atoms with E-state index in [1.807, 2.05) is 13.0 Å². The lowest BCUT2D eigenvalue weighted by Crippen LogP contribution is -2.27. The number of carbonyl (C=O) groups is 1. The molecule has 0 atom stereocenters. The summed E-state index contributed by atoms with van der Waals surface area (Å²) in [5, 5.41) is 0. The molecule has 0 aliphatic carbocycles. The van der Waals surface area contributed by atoms with Crippen molar-refractivity contribution in [3.63, 3.8) is 0 Å². The number of nitrogens with zero attached hydrogens (tertiary/aromatic N) is 1. The van der Waals surface area contributed by atoms with Crippen molar-refractivity contribution in [2.45, 2.75) is 6.92 Å². The van der Waals surface area contributed by atoms with Gasteiger partial charge in [-0.3, -0.25) is 4.79 Å². The van der Waals surface area contributed by atoms with Gasteiger partial charge in [0.1, 0.15) is 5.82 Å². The van der Waals surface area contributed by atoms with Crippen molar-refractivity contribution in [3.05, 3.63) is 59.4 Å². The minimum Gasteiger partial charge on any atom is -0.398 e. The first kappa shape index (κ1) is 13.1. The second kappa shape index (κ2) is 5.10. The Morgan fingerprint density at radius 2 is 1.79 bits per heavy atom. The zero-order valence-corrected chi connectivity index (χ0v) is 10.9. The van der Waals surface area contributed by atoms with E-state index in [0.29, 0.717) is 16.9 Å². The van der Waals surface area contributed by atoms with Gasteiger partial charge in [-0.2, -0.15) is 0 Å². The molecule has 0 saturated heterocycles. The van der Waals surface area contributed by atoms with Crippen molar-refractivity contribution in [3.8, 4) is 0 Å². The fourth-order valence-electron chi connectivity index (χ4n) is 1.83. The number of benzene rings is 2. The van der Waals surface area contributed by atoms with Gasteiger partial charge in [-0.05, 0) is 42.8 Å². The number of aryl methyl sites for hydroxylation is 1. The molecule has 4 heteroatoms. The lowest BCUT2D eigenvalue weighted by atomic mass is 10.1. The van der Waals surface area contributed by atoms with Gasteiger partial charge in [0.2, 0.25) is 0 Å². The molecule has 0 heterocycles. The summed E-state index contributed by atoms with van der Waals surface area (Å²) in [6.45, 7) is 1.85. The van der Waals surface area contributed by atoms with Crippen LogP contribution in [0.2, 0.25) is 0 Å². The molecule has 2 aromatic carbocycles. The van der Waals surface area contributed by atoms with Crippen molar-refractivity contribution < 1.29 is 9.18 Å². The summed E-state index contributed by atoms with van der Waals surface area (Å²) in [5.74, 6) is -0.549. The first-order valence-electron chi connectivity index (χ1n) is 5.89. The minimum atomic E-state index is -0.334. The fraction of sp³-hybridized carbons (Fsp3) is 0.133. The van der Waals surface area contributed by atoms with Crippen LogP contribution in [0.1, 0.15) is 15.9 Å². The smallest absolute Gasteiger partial charge is 0.260 e. The Kier molecular flexibility index (Phi) is 3.51. The van der Waals surface area contributed by atoms with E-state index in [4.69, 9.17) is 5.73 Å². The number of para-hydroxylation sites is 1. The second-order valence-electron chi connectivity index (χ2n) is 4.38. The minimum absolute atomic E-state index is 0.215. The van der Waals surface area contributed by atoms with Crippen LogP contribution in [0.25, 0.3) is 0 Å². The number of rotatable bonds is 2. The van der Waals surface area contributed by atoms with Crippen molar-refractivity contribution in [1.29, 1.82) is 0 Å². The maximum absolute atomic E-state index is 12.9. The molecule has 0 unspecified atom stereocenters. The number of amides is 1. The highest BCUT2D eigenvalue weighted by Crippen LogP contribution is 2.21. The molecule has 0 bridgehead atoms. The molecule has 98 valence electrons. The van der Waals surface area contributed by atoms with Gasteiger partial charge in [-0.1, -0.05) is 12.1 Å². The summed E-state index contributed by atoms with van der Waals surface area (Å²) < 4.78 is 12.9.